The maximum atomic E-state index is 13.1. The van der Waals surface area contributed by atoms with E-state index in [1.165, 1.54) is 0 Å². The van der Waals surface area contributed by atoms with Crippen LogP contribution in [0.25, 0.3) is 11.0 Å². The van der Waals surface area contributed by atoms with Crippen LogP contribution in [0.4, 0.5) is 10.2 Å². The Labute approximate surface area is 103 Å². The van der Waals surface area contributed by atoms with Gasteiger partial charge in [-0.15, -0.1) is 0 Å². The summed E-state index contributed by atoms with van der Waals surface area (Å²) < 4.78 is 13.1. The summed E-state index contributed by atoms with van der Waals surface area (Å²) in [7, 11) is 0. The van der Waals surface area contributed by atoms with Gasteiger partial charge in [-0.3, -0.25) is 4.98 Å². The van der Waals surface area contributed by atoms with E-state index in [9.17, 15) is 4.39 Å². The third-order valence-electron chi connectivity index (χ3n) is 2.97. The zero-order chi connectivity index (χ0) is 11.8. The lowest BCUT2D eigenvalue weighted by Crippen LogP contribution is -2.21. The summed E-state index contributed by atoms with van der Waals surface area (Å²) in [6.07, 6.45) is 1.47. The maximum Gasteiger partial charge on any atom is 0.129 e. The summed E-state index contributed by atoms with van der Waals surface area (Å²) in [5, 5.41) is 0.577. The van der Waals surface area contributed by atoms with Crippen molar-refractivity contribution in [3.8, 4) is 0 Å². The minimum atomic E-state index is -0.753. The molecule has 0 saturated carbocycles. The first-order valence-electron chi connectivity index (χ1n) is 5.54. The molecule has 3 rings (SSSR count). The van der Waals surface area contributed by atoms with E-state index < -0.39 is 6.17 Å². The fraction of sp³-hybridized carbons (Fsp3) is 0.333. The lowest BCUT2D eigenvalue weighted by Gasteiger charge is -2.16. The summed E-state index contributed by atoms with van der Waals surface area (Å²) in [5.41, 5.74) is 1.44. The Kier molecular flexibility index (Phi) is 2.59. The van der Waals surface area contributed by atoms with Crippen molar-refractivity contribution >= 4 is 28.5 Å². The van der Waals surface area contributed by atoms with Crippen molar-refractivity contribution in [3.63, 3.8) is 0 Å². The molecule has 5 heteroatoms. The van der Waals surface area contributed by atoms with Gasteiger partial charge in [-0.1, -0.05) is 11.6 Å². The molecule has 2 aromatic heterocycles. The molecule has 17 heavy (non-hydrogen) atoms. The number of halogens is 2. The Bertz CT molecular complexity index is 560. The van der Waals surface area contributed by atoms with Crippen LogP contribution < -0.4 is 4.90 Å². The van der Waals surface area contributed by atoms with Crippen LogP contribution >= 0.6 is 11.6 Å². The van der Waals surface area contributed by atoms with Gasteiger partial charge in [0.2, 0.25) is 0 Å². The Morgan fingerprint density at radius 3 is 3.00 bits per heavy atom. The van der Waals surface area contributed by atoms with Crippen LogP contribution in [-0.4, -0.2) is 29.2 Å². The zero-order valence-corrected chi connectivity index (χ0v) is 9.86. The van der Waals surface area contributed by atoms with E-state index in [4.69, 9.17) is 11.6 Å². The molecule has 0 bridgehead atoms. The van der Waals surface area contributed by atoms with E-state index in [0.29, 0.717) is 30.0 Å². The monoisotopic (exact) mass is 251 g/mol. The Hall–Kier alpha value is -1.42. The van der Waals surface area contributed by atoms with Crippen LogP contribution in [0, 0.1) is 0 Å². The number of aromatic nitrogens is 2. The van der Waals surface area contributed by atoms with Crippen LogP contribution in [0.2, 0.25) is 5.02 Å². The molecule has 0 aromatic carbocycles. The summed E-state index contributed by atoms with van der Waals surface area (Å²) in [4.78, 5) is 10.6. The lowest BCUT2D eigenvalue weighted by molar-refractivity contribution is 0.364. The Morgan fingerprint density at radius 1 is 1.35 bits per heavy atom. The number of hydrogen-bond donors (Lipinski definition) is 0. The topological polar surface area (TPSA) is 29.0 Å². The molecule has 1 fully saturated rings. The molecule has 0 aliphatic carbocycles. The average Bonchev–Trinajstić information content (AvgIpc) is 2.76. The van der Waals surface area contributed by atoms with Gasteiger partial charge in [0, 0.05) is 12.7 Å². The van der Waals surface area contributed by atoms with Gasteiger partial charge in [0.05, 0.1) is 17.1 Å². The lowest BCUT2D eigenvalue weighted by atomic mass is 10.3. The number of rotatable bonds is 1. The molecule has 0 radical (unpaired) electrons. The van der Waals surface area contributed by atoms with Crippen molar-refractivity contribution in [1.82, 2.24) is 9.97 Å². The SMILES string of the molecule is FC1CCN(c2ccc3nccc(Cl)c3n2)C1. The molecule has 3 heterocycles. The predicted molar refractivity (Wildman–Crippen MR) is 66.3 cm³/mol. The van der Waals surface area contributed by atoms with E-state index in [2.05, 4.69) is 9.97 Å². The van der Waals surface area contributed by atoms with Gasteiger partial charge < -0.3 is 4.90 Å². The molecule has 1 aliphatic rings. The second-order valence-corrected chi connectivity index (χ2v) is 4.57. The van der Waals surface area contributed by atoms with E-state index in [1.54, 1.807) is 12.3 Å². The minimum absolute atomic E-state index is 0.413. The predicted octanol–water partition coefficient (Wildman–Crippen LogP) is 2.83. The van der Waals surface area contributed by atoms with E-state index in [0.717, 1.165) is 11.3 Å². The smallest absolute Gasteiger partial charge is 0.129 e. The molecule has 88 valence electrons. The van der Waals surface area contributed by atoms with Crippen molar-refractivity contribution in [3.05, 3.63) is 29.4 Å². The van der Waals surface area contributed by atoms with E-state index >= 15 is 0 Å². The van der Waals surface area contributed by atoms with Crippen molar-refractivity contribution < 1.29 is 4.39 Å². The van der Waals surface area contributed by atoms with Gasteiger partial charge in [0.25, 0.3) is 0 Å². The first-order valence-corrected chi connectivity index (χ1v) is 5.92. The van der Waals surface area contributed by atoms with Crippen LogP contribution in [0.3, 0.4) is 0 Å². The number of alkyl halides is 1. The number of fused-ring (bicyclic) bond motifs is 1. The van der Waals surface area contributed by atoms with Gasteiger partial charge >= 0.3 is 0 Å². The molecule has 0 N–H and O–H groups in total. The molecule has 1 unspecified atom stereocenters. The zero-order valence-electron chi connectivity index (χ0n) is 9.11. The van der Waals surface area contributed by atoms with Crippen LogP contribution in [0.1, 0.15) is 6.42 Å². The second-order valence-electron chi connectivity index (χ2n) is 4.16. The minimum Gasteiger partial charge on any atom is -0.354 e. The molecule has 1 saturated heterocycles. The van der Waals surface area contributed by atoms with Gasteiger partial charge in [-0.2, -0.15) is 0 Å². The highest BCUT2D eigenvalue weighted by atomic mass is 35.5. The van der Waals surface area contributed by atoms with Crippen molar-refractivity contribution in [2.75, 3.05) is 18.0 Å². The first kappa shape index (κ1) is 10.7. The Balaban J connectivity index is 2.04. The van der Waals surface area contributed by atoms with Gasteiger partial charge in [0.1, 0.15) is 17.5 Å². The quantitative estimate of drug-likeness (QED) is 0.780. The number of pyridine rings is 2. The van der Waals surface area contributed by atoms with Crippen LogP contribution in [0.5, 0.6) is 0 Å². The normalized spacial score (nSPS) is 20.1. The molecule has 0 spiro atoms. The highest BCUT2D eigenvalue weighted by Crippen LogP contribution is 2.25. The van der Waals surface area contributed by atoms with Crippen LogP contribution in [0.15, 0.2) is 24.4 Å². The summed E-state index contributed by atoms with van der Waals surface area (Å²) in [5.74, 6) is 0.771. The molecular weight excluding hydrogens is 241 g/mol. The molecule has 2 aromatic rings. The fourth-order valence-electron chi connectivity index (χ4n) is 2.09. The van der Waals surface area contributed by atoms with Crippen molar-refractivity contribution in [2.24, 2.45) is 0 Å². The van der Waals surface area contributed by atoms with E-state index in [1.807, 2.05) is 17.0 Å². The summed E-state index contributed by atoms with van der Waals surface area (Å²) >= 11 is 6.07. The van der Waals surface area contributed by atoms with E-state index in [-0.39, 0.29) is 0 Å². The molecule has 3 nitrogen and oxygen atoms in total. The maximum absolute atomic E-state index is 13.1. The van der Waals surface area contributed by atoms with Gasteiger partial charge in [0.15, 0.2) is 0 Å². The third-order valence-corrected chi connectivity index (χ3v) is 3.28. The second kappa shape index (κ2) is 4.11. The van der Waals surface area contributed by atoms with Crippen molar-refractivity contribution in [2.45, 2.75) is 12.6 Å². The standard InChI is InChI=1S/C12H11ClFN3/c13-9-3-5-15-10-1-2-11(16-12(9)10)17-6-4-8(14)7-17/h1-3,5,8H,4,6-7H2. The van der Waals surface area contributed by atoms with Crippen molar-refractivity contribution in [1.29, 1.82) is 0 Å². The largest absolute Gasteiger partial charge is 0.354 e. The Morgan fingerprint density at radius 2 is 2.24 bits per heavy atom. The number of hydrogen-bond acceptors (Lipinski definition) is 3. The molecular formula is C12H11ClFN3. The highest BCUT2D eigenvalue weighted by molar-refractivity contribution is 6.34. The highest BCUT2D eigenvalue weighted by Gasteiger charge is 2.23. The van der Waals surface area contributed by atoms with Crippen LogP contribution in [-0.2, 0) is 0 Å². The third kappa shape index (κ3) is 1.93. The van der Waals surface area contributed by atoms with Gasteiger partial charge in [-0.05, 0) is 24.6 Å². The summed E-state index contributed by atoms with van der Waals surface area (Å²) in [6.45, 7) is 1.12. The number of anilines is 1. The fourth-order valence-corrected chi connectivity index (χ4v) is 2.28. The molecule has 1 aliphatic heterocycles. The molecule has 1 atom stereocenters. The summed E-state index contributed by atoms with van der Waals surface area (Å²) in [6, 6.07) is 5.45. The van der Waals surface area contributed by atoms with Gasteiger partial charge in [-0.25, -0.2) is 9.37 Å². The average molecular weight is 252 g/mol. The molecule has 0 amide bonds. The first-order chi connectivity index (χ1) is 8.24. The number of nitrogens with zero attached hydrogens (tertiary/aromatic N) is 3.